The van der Waals surface area contributed by atoms with Crippen LogP contribution in [0, 0.1) is 5.41 Å². The van der Waals surface area contributed by atoms with Crippen LogP contribution in [0.2, 0.25) is 0 Å². The van der Waals surface area contributed by atoms with E-state index < -0.39 is 46.2 Å². The van der Waals surface area contributed by atoms with E-state index in [1.807, 2.05) is 40.7 Å². The maximum atomic E-state index is 14.1. The lowest BCUT2D eigenvalue weighted by molar-refractivity contribution is -0.00682. The van der Waals surface area contributed by atoms with Gasteiger partial charge in [0.15, 0.2) is 5.78 Å². The van der Waals surface area contributed by atoms with Gasteiger partial charge in [-0.25, -0.2) is 33.1 Å². The van der Waals surface area contributed by atoms with Crippen LogP contribution in [-0.2, 0) is 12.1 Å². The molecule has 46 heavy (non-hydrogen) atoms. The standard InChI is InChI=1S/C33H39N5O8/c1-19(39)20-9-12-22(13-10-20)37-27(40)36-16-15-24-26(38(36)28(37)41)23-14-11-21(17-25(23)46-32(24,5)6)33(31(2,3)4,35(8)30(44)45)18-34(7)29(42)43/h9-15,17,26H,16,18H2,1-8H3,(H,42,43)(H,44,45). The molecule has 3 aromatic rings. The smallest absolute Gasteiger partial charge is 0.407 e. The first kappa shape index (κ1) is 32.3. The normalized spacial score (nSPS) is 17.7. The van der Waals surface area contributed by atoms with Crippen LogP contribution in [0.5, 0.6) is 5.75 Å². The number of benzene rings is 2. The number of ketones is 1. The maximum Gasteiger partial charge on any atom is 0.407 e. The Kier molecular flexibility index (Phi) is 7.57. The zero-order chi connectivity index (χ0) is 34.1. The van der Waals surface area contributed by atoms with Crippen molar-refractivity contribution < 1.29 is 29.3 Å². The lowest BCUT2D eigenvalue weighted by atomic mass is 9.67. The molecule has 244 valence electrons. The van der Waals surface area contributed by atoms with Crippen LogP contribution in [0.1, 0.15) is 69.1 Å². The summed E-state index contributed by atoms with van der Waals surface area (Å²) in [4.78, 5) is 66.2. The van der Waals surface area contributed by atoms with E-state index in [1.165, 1.54) is 30.4 Å². The third-order valence-electron chi connectivity index (χ3n) is 9.35. The summed E-state index contributed by atoms with van der Waals surface area (Å²) >= 11 is 0. The predicted molar refractivity (Wildman–Crippen MR) is 169 cm³/mol. The molecule has 0 fully saturated rings. The number of hydrogen-bond donors (Lipinski definition) is 2. The molecule has 2 aliphatic rings. The molecule has 0 radical (unpaired) electrons. The zero-order valence-electron chi connectivity index (χ0n) is 27.2. The second-order valence-corrected chi connectivity index (χ2v) is 13.4. The molecule has 13 heteroatoms. The number of aromatic nitrogens is 3. The van der Waals surface area contributed by atoms with Crippen LogP contribution in [0.3, 0.4) is 0 Å². The molecule has 1 aromatic heterocycles. The third-order valence-corrected chi connectivity index (χ3v) is 9.35. The SMILES string of the molecule is CC(=O)c1ccc(-n2c(=O)n3n(c2=O)C2C(=CC3)C(C)(C)Oc3cc(C(CN(C)C(=O)O)(N(C)C(=O)O)C(C)(C)C)ccc32)cc1. The molecule has 2 aromatic carbocycles. The van der Waals surface area contributed by atoms with Crippen LogP contribution in [0.4, 0.5) is 9.59 Å². The molecule has 0 saturated carbocycles. The summed E-state index contributed by atoms with van der Waals surface area (Å²) in [5.41, 5.74) is -1.55. The molecular weight excluding hydrogens is 594 g/mol. The van der Waals surface area contributed by atoms with Crippen molar-refractivity contribution in [3.63, 3.8) is 0 Å². The molecule has 2 unspecified atom stereocenters. The van der Waals surface area contributed by atoms with Crippen molar-refractivity contribution in [2.75, 3.05) is 20.6 Å². The number of fused-ring (bicyclic) bond motifs is 5. The van der Waals surface area contributed by atoms with Gasteiger partial charge in [-0.2, -0.15) is 0 Å². The van der Waals surface area contributed by atoms with Gasteiger partial charge in [-0.3, -0.25) is 9.69 Å². The van der Waals surface area contributed by atoms with Gasteiger partial charge in [-0.15, -0.1) is 0 Å². The summed E-state index contributed by atoms with van der Waals surface area (Å²) in [6.45, 7) is 10.7. The summed E-state index contributed by atoms with van der Waals surface area (Å²) in [6.07, 6.45) is -0.568. The number of ether oxygens (including phenoxy) is 1. The van der Waals surface area contributed by atoms with E-state index in [0.29, 0.717) is 28.1 Å². The van der Waals surface area contributed by atoms with Crippen LogP contribution in [0.25, 0.3) is 5.69 Å². The molecule has 2 atom stereocenters. The highest BCUT2D eigenvalue weighted by Gasteiger charge is 2.52. The van der Waals surface area contributed by atoms with E-state index in [4.69, 9.17) is 4.74 Å². The fourth-order valence-corrected chi connectivity index (χ4v) is 6.86. The van der Waals surface area contributed by atoms with Crippen molar-refractivity contribution in [2.45, 2.75) is 65.3 Å². The number of carboxylic acid groups (broad SMARTS) is 2. The number of hydrogen-bond acceptors (Lipinski definition) is 6. The molecule has 2 amide bonds. The molecule has 2 aliphatic heterocycles. The third kappa shape index (κ3) is 4.81. The van der Waals surface area contributed by atoms with Gasteiger partial charge in [0, 0.05) is 25.2 Å². The highest BCUT2D eigenvalue weighted by molar-refractivity contribution is 5.94. The minimum absolute atomic E-state index is 0.136. The average Bonchev–Trinajstić information content (AvgIpc) is 3.23. The van der Waals surface area contributed by atoms with Crippen molar-refractivity contribution in [2.24, 2.45) is 5.41 Å². The van der Waals surface area contributed by atoms with Gasteiger partial charge in [-0.1, -0.05) is 39.0 Å². The van der Waals surface area contributed by atoms with Crippen molar-refractivity contribution in [3.8, 4) is 11.4 Å². The van der Waals surface area contributed by atoms with Gasteiger partial charge in [0.25, 0.3) is 0 Å². The predicted octanol–water partition coefficient (Wildman–Crippen LogP) is 4.16. The Bertz CT molecular complexity index is 1910. The van der Waals surface area contributed by atoms with Gasteiger partial charge in [0.05, 0.1) is 24.3 Å². The second-order valence-electron chi connectivity index (χ2n) is 13.4. The van der Waals surface area contributed by atoms with E-state index in [2.05, 4.69) is 0 Å². The van der Waals surface area contributed by atoms with Crippen molar-refractivity contribution in [1.29, 1.82) is 0 Å². The topological polar surface area (TPSA) is 156 Å². The molecule has 5 rings (SSSR count). The zero-order valence-corrected chi connectivity index (χ0v) is 27.2. The first-order valence-corrected chi connectivity index (χ1v) is 14.8. The summed E-state index contributed by atoms with van der Waals surface area (Å²) < 4.78 is 10.4. The van der Waals surface area contributed by atoms with Crippen LogP contribution >= 0.6 is 0 Å². The Morgan fingerprint density at radius 1 is 0.978 bits per heavy atom. The number of Topliss-reactive ketones (excluding diaryl/α,β-unsaturated/α-hetero) is 1. The fraction of sp³-hybridized carbons (Fsp3) is 0.424. The van der Waals surface area contributed by atoms with Crippen LogP contribution in [0.15, 0.2) is 63.7 Å². The number of amides is 2. The molecule has 13 nitrogen and oxygen atoms in total. The first-order chi connectivity index (χ1) is 21.3. The average molecular weight is 634 g/mol. The highest BCUT2D eigenvalue weighted by Crippen LogP contribution is 2.50. The Morgan fingerprint density at radius 3 is 2.15 bits per heavy atom. The summed E-state index contributed by atoms with van der Waals surface area (Å²) in [5.74, 6) is 0.238. The van der Waals surface area contributed by atoms with Crippen molar-refractivity contribution >= 4 is 18.0 Å². The van der Waals surface area contributed by atoms with Gasteiger partial charge >= 0.3 is 23.6 Å². The number of rotatable bonds is 6. The van der Waals surface area contributed by atoms with E-state index >= 15 is 0 Å². The van der Waals surface area contributed by atoms with E-state index in [9.17, 15) is 34.2 Å². The first-order valence-electron chi connectivity index (χ1n) is 14.8. The van der Waals surface area contributed by atoms with Gasteiger partial charge in [0.2, 0.25) is 0 Å². The largest absolute Gasteiger partial charge is 0.483 e. The summed E-state index contributed by atoms with van der Waals surface area (Å²) in [6, 6.07) is 10.7. The Hall–Kier alpha value is -5.07. The molecule has 0 bridgehead atoms. The van der Waals surface area contributed by atoms with E-state index in [0.717, 1.165) is 19.9 Å². The van der Waals surface area contributed by atoms with Crippen molar-refractivity contribution in [3.05, 3.63) is 91.8 Å². The Morgan fingerprint density at radius 2 is 1.61 bits per heavy atom. The van der Waals surface area contributed by atoms with Gasteiger partial charge in [0.1, 0.15) is 17.4 Å². The number of carbonyl (C=O) groups excluding carboxylic acids is 1. The lowest BCUT2D eigenvalue weighted by Crippen LogP contribution is -2.60. The highest BCUT2D eigenvalue weighted by atomic mass is 16.5. The Labute approximate surface area is 265 Å². The van der Waals surface area contributed by atoms with Crippen LogP contribution < -0.4 is 16.1 Å². The Balaban J connectivity index is 1.73. The molecule has 2 N–H and O–H groups in total. The molecule has 0 aliphatic carbocycles. The fourth-order valence-electron chi connectivity index (χ4n) is 6.86. The summed E-state index contributed by atoms with van der Waals surface area (Å²) in [5, 5.41) is 20.0. The number of likely N-dealkylation sites (N-methyl/N-ethyl adjacent to an activating group) is 2. The van der Waals surface area contributed by atoms with E-state index in [-0.39, 0.29) is 18.9 Å². The molecule has 0 spiro atoms. The number of nitrogens with zero attached hydrogens (tertiary/aromatic N) is 5. The number of carbonyl (C=O) groups is 3. The quantitative estimate of drug-likeness (QED) is 0.303. The minimum Gasteiger partial charge on any atom is -0.483 e. The lowest BCUT2D eigenvalue weighted by Gasteiger charge is -2.51. The molecule has 0 saturated heterocycles. The molecule has 3 heterocycles. The second kappa shape index (κ2) is 10.8. The summed E-state index contributed by atoms with van der Waals surface area (Å²) in [7, 11) is 2.80. The number of allylic oxidation sites excluding steroid dienone is 1. The monoisotopic (exact) mass is 633 g/mol. The van der Waals surface area contributed by atoms with Gasteiger partial charge in [-0.05, 0) is 67.7 Å². The van der Waals surface area contributed by atoms with Gasteiger partial charge < -0.3 is 19.8 Å². The van der Waals surface area contributed by atoms with E-state index in [1.54, 1.807) is 42.5 Å². The van der Waals surface area contributed by atoms with Crippen molar-refractivity contribution in [1.82, 2.24) is 23.7 Å². The van der Waals surface area contributed by atoms with Crippen LogP contribution in [-0.4, -0.2) is 78.2 Å². The maximum absolute atomic E-state index is 14.1. The molecular formula is C33H39N5O8. The minimum atomic E-state index is -1.36.